The lowest BCUT2D eigenvalue weighted by atomic mass is 9.85. The first-order valence-electron chi connectivity index (χ1n) is 3.66. The SMILES string of the molecule is CC1(C)C=[N+]([O])C(C)(C)C1. The summed E-state index contributed by atoms with van der Waals surface area (Å²) in [5.74, 6) is 0. The molecular formula is C8H15NO+. The van der Waals surface area contributed by atoms with Crippen molar-refractivity contribution >= 4 is 6.21 Å². The van der Waals surface area contributed by atoms with Crippen molar-refractivity contribution in [3.8, 4) is 0 Å². The minimum absolute atomic E-state index is 0.0885. The number of hydrogen-bond donors (Lipinski definition) is 0. The Labute approximate surface area is 62.1 Å². The molecule has 1 rings (SSSR count). The summed E-state index contributed by atoms with van der Waals surface area (Å²) in [4.78, 5) is 0. The van der Waals surface area contributed by atoms with Crippen molar-refractivity contribution in [3.05, 3.63) is 0 Å². The molecule has 0 aromatic rings. The standard InChI is InChI=1S/C8H15NO/c1-7(2)5-8(3,4)9(10)6-7/h6H,5H2,1-4H3/q+1. The molecule has 0 saturated carbocycles. The van der Waals surface area contributed by atoms with Gasteiger partial charge in [-0.25, -0.2) is 0 Å². The molecule has 57 valence electrons. The summed E-state index contributed by atoms with van der Waals surface area (Å²) >= 11 is 0. The van der Waals surface area contributed by atoms with Gasteiger partial charge in [-0.15, -0.1) is 0 Å². The van der Waals surface area contributed by atoms with Crippen LogP contribution in [0.3, 0.4) is 0 Å². The van der Waals surface area contributed by atoms with Crippen LogP contribution in [-0.2, 0) is 5.21 Å². The summed E-state index contributed by atoms with van der Waals surface area (Å²) in [5.41, 5.74) is -0.102. The first-order valence-corrected chi connectivity index (χ1v) is 3.66. The molecule has 0 amide bonds. The van der Waals surface area contributed by atoms with Crippen LogP contribution in [0, 0.1) is 5.41 Å². The smallest absolute Gasteiger partial charge is 0.0502 e. The Morgan fingerprint density at radius 1 is 1.30 bits per heavy atom. The summed E-state index contributed by atoms with van der Waals surface area (Å²) in [6.07, 6.45) is 2.72. The van der Waals surface area contributed by atoms with Crippen LogP contribution in [0.1, 0.15) is 34.1 Å². The summed E-state index contributed by atoms with van der Waals surface area (Å²) in [6.45, 7) is 8.13. The molecule has 0 atom stereocenters. The average molecular weight is 141 g/mol. The topological polar surface area (TPSA) is 22.9 Å². The van der Waals surface area contributed by atoms with Crippen LogP contribution >= 0.6 is 0 Å². The molecule has 0 aromatic carbocycles. The van der Waals surface area contributed by atoms with Crippen LogP contribution in [0.15, 0.2) is 0 Å². The maximum absolute atomic E-state index is 11.2. The molecule has 0 aromatic heterocycles. The molecule has 10 heavy (non-hydrogen) atoms. The zero-order valence-corrected chi connectivity index (χ0v) is 7.14. The monoisotopic (exact) mass is 141 g/mol. The first-order chi connectivity index (χ1) is 4.33. The van der Waals surface area contributed by atoms with Crippen molar-refractivity contribution in [2.24, 2.45) is 5.41 Å². The van der Waals surface area contributed by atoms with E-state index in [2.05, 4.69) is 13.8 Å². The van der Waals surface area contributed by atoms with Gasteiger partial charge in [0.2, 0.25) is 11.8 Å². The average Bonchev–Trinajstić information content (AvgIpc) is 1.73. The van der Waals surface area contributed by atoms with E-state index in [1.165, 1.54) is 0 Å². The van der Waals surface area contributed by atoms with E-state index in [0.29, 0.717) is 0 Å². The highest BCUT2D eigenvalue weighted by molar-refractivity contribution is 5.61. The normalized spacial score (nSPS) is 28.2. The van der Waals surface area contributed by atoms with Gasteiger partial charge in [-0.3, -0.25) is 0 Å². The van der Waals surface area contributed by atoms with Crippen molar-refractivity contribution in [2.45, 2.75) is 39.7 Å². The third kappa shape index (κ3) is 1.15. The maximum atomic E-state index is 11.2. The van der Waals surface area contributed by atoms with Gasteiger partial charge in [-0.05, 0) is 0 Å². The maximum Gasteiger partial charge on any atom is 0.212 e. The van der Waals surface area contributed by atoms with E-state index in [1.54, 1.807) is 6.21 Å². The Kier molecular flexibility index (Phi) is 1.32. The summed E-state index contributed by atoms with van der Waals surface area (Å²) in [6, 6.07) is 0. The fourth-order valence-corrected chi connectivity index (χ4v) is 1.73. The molecule has 1 aliphatic rings. The van der Waals surface area contributed by atoms with Gasteiger partial charge in [0.05, 0.1) is 5.41 Å². The van der Waals surface area contributed by atoms with E-state index >= 15 is 0 Å². The van der Waals surface area contributed by atoms with Gasteiger partial charge in [-0.1, -0.05) is 13.8 Å². The lowest BCUT2D eigenvalue weighted by Gasteiger charge is -2.12. The highest BCUT2D eigenvalue weighted by atomic mass is 16.5. The Morgan fingerprint density at radius 3 is 1.90 bits per heavy atom. The number of nitrogens with zero attached hydrogens (tertiary/aromatic N) is 1. The van der Waals surface area contributed by atoms with Crippen molar-refractivity contribution < 1.29 is 9.95 Å². The fourth-order valence-electron chi connectivity index (χ4n) is 1.73. The zero-order valence-electron chi connectivity index (χ0n) is 7.14. The Hall–Kier alpha value is -0.530. The summed E-state index contributed by atoms with van der Waals surface area (Å²) in [5, 5.41) is 11.2. The summed E-state index contributed by atoms with van der Waals surface area (Å²) < 4.78 is 1.08. The number of hydrogen-bond acceptors (Lipinski definition) is 0. The van der Waals surface area contributed by atoms with Crippen LogP contribution < -0.4 is 0 Å². The van der Waals surface area contributed by atoms with E-state index in [-0.39, 0.29) is 11.0 Å². The largest absolute Gasteiger partial charge is 0.212 e. The first kappa shape index (κ1) is 7.58. The van der Waals surface area contributed by atoms with E-state index in [0.717, 1.165) is 11.2 Å². The van der Waals surface area contributed by atoms with E-state index in [9.17, 15) is 5.21 Å². The summed E-state index contributed by atoms with van der Waals surface area (Å²) in [7, 11) is 0. The van der Waals surface area contributed by atoms with Crippen molar-refractivity contribution in [2.75, 3.05) is 0 Å². The molecule has 0 bridgehead atoms. The molecular weight excluding hydrogens is 126 g/mol. The molecule has 0 spiro atoms. The minimum atomic E-state index is -0.191. The van der Waals surface area contributed by atoms with Crippen molar-refractivity contribution in [3.63, 3.8) is 0 Å². The number of rotatable bonds is 0. The Balaban J connectivity index is 2.89. The third-order valence-corrected chi connectivity index (χ3v) is 1.95. The van der Waals surface area contributed by atoms with Gasteiger partial charge in [0.1, 0.15) is 0 Å². The fraction of sp³-hybridized carbons (Fsp3) is 0.875. The highest BCUT2D eigenvalue weighted by Crippen LogP contribution is 2.33. The third-order valence-electron chi connectivity index (χ3n) is 1.95. The molecule has 1 radical (unpaired) electrons. The number of hydroxylamine groups is 1. The Morgan fingerprint density at radius 2 is 1.80 bits per heavy atom. The van der Waals surface area contributed by atoms with Crippen LogP contribution in [0.5, 0.6) is 0 Å². The molecule has 0 aliphatic carbocycles. The van der Waals surface area contributed by atoms with Crippen LogP contribution in [-0.4, -0.2) is 16.5 Å². The van der Waals surface area contributed by atoms with Crippen molar-refractivity contribution in [1.82, 2.24) is 0 Å². The molecule has 2 nitrogen and oxygen atoms in total. The minimum Gasteiger partial charge on any atom is -0.0502 e. The molecule has 0 fully saturated rings. The van der Waals surface area contributed by atoms with Gasteiger partial charge in [0.15, 0.2) is 0 Å². The second kappa shape index (κ2) is 1.74. The molecule has 0 saturated heterocycles. The van der Waals surface area contributed by atoms with E-state index in [1.807, 2.05) is 13.8 Å². The van der Waals surface area contributed by atoms with Crippen LogP contribution in [0.2, 0.25) is 0 Å². The van der Waals surface area contributed by atoms with E-state index in [4.69, 9.17) is 0 Å². The zero-order chi connectivity index (χ0) is 7.99. The lowest BCUT2D eigenvalue weighted by Crippen LogP contribution is -2.28. The van der Waals surface area contributed by atoms with E-state index < -0.39 is 0 Å². The van der Waals surface area contributed by atoms with Gasteiger partial charge >= 0.3 is 0 Å². The Bertz CT molecular complexity index is 180. The highest BCUT2D eigenvalue weighted by Gasteiger charge is 2.47. The molecule has 1 heterocycles. The second-order valence-corrected chi connectivity index (χ2v) is 4.43. The quantitative estimate of drug-likeness (QED) is 0.458. The predicted molar refractivity (Wildman–Crippen MR) is 39.5 cm³/mol. The lowest BCUT2D eigenvalue weighted by molar-refractivity contribution is -0.848. The molecule has 0 unspecified atom stereocenters. The van der Waals surface area contributed by atoms with Crippen LogP contribution in [0.25, 0.3) is 0 Å². The van der Waals surface area contributed by atoms with Crippen LogP contribution in [0.4, 0.5) is 0 Å². The molecule has 0 N–H and O–H groups in total. The van der Waals surface area contributed by atoms with Crippen molar-refractivity contribution in [1.29, 1.82) is 0 Å². The molecule has 2 heteroatoms. The van der Waals surface area contributed by atoms with Gasteiger partial charge in [0.25, 0.3) is 0 Å². The van der Waals surface area contributed by atoms with Gasteiger partial charge in [-0.2, -0.15) is 0 Å². The predicted octanol–water partition coefficient (Wildman–Crippen LogP) is 1.62. The van der Waals surface area contributed by atoms with Gasteiger partial charge < -0.3 is 0 Å². The second-order valence-electron chi connectivity index (χ2n) is 4.43. The molecule has 1 aliphatic heterocycles. The van der Waals surface area contributed by atoms with Gasteiger partial charge in [0, 0.05) is 30.2 Å².